The fourth-order valence-corrected chi connectivity index (χ4v) is 1.65. The second-order valence-corrected chi connectivity index (χ2v) is 3.71. The molecule has 1 aromatic carbocycles. The second kappa shape index (κ2) is 5.51. The van der Waals surface area contributed by atoms with Crippen molar-refractivity contribution >= 4 is 5.97 Å². The summed E-state index contributed by atoms with van der Waals surface area (Å²) in [5, 5.41) is 3.87. The third-order valence-corrected chi connectivity index (χ3v) is 2.48. The highest BCUT2D eigenvalue weighted by molar-refractivity contribution is 5.90. The van der Waals surface area contributed by atoms with Crippen molar-refractivity contribution in [2.24, 2.45) is 0 Å². The Morgan fingerprint density at radius 3 is 2.84 bits per heavy atom. The molecule has 2 aromatic rings. The lowest BCUT2D eigenvalue weighted by molar-refractivity contribution is 0.0600. The van der Waals surface area contributed by atoms with E-state index < -0.39 is 11.8 Å². The molecule has 1 aromatic heterocycles. The van der Waals surface area contributed by atoms with E-state index in [0.717, 1.165) is 6.20 Å². The first kappa shape index (κ1) is 13.1. The fraction of sp³-hybridized carbons (Fsp3) is 0.231. The average molecular weight is 264 g/mol. The number of ether oxygens (including phenoxy) is 2. The van der Waals surface area contributed by atoms with E-state index in [-0.39, 0.29) is 0 Å². The Kier molecular flexibility index (Phi) is 3.79. The van der Waals surface area contributed by atoms with Gasteiger partial charge in [0.05, 0.1) is 31.7 Å². The molecule has 0 bridgehead atoms. The molecule has 6 heteroatoms. The molecular weight excluding hydrogens is 251 g/mol. The fourth-order valence-electron chi connectivity index (χ4n) is 1.65. The number of rotatable bonds is 4. The maximum atomic E-state index is 13.0. The predicted molar refractivity (Wildman–Crippen MR) is 66.0 cm³/mol. The Morgan fingerprint density at radius 1 is 1.47 bits per heavy atom. The van der Waals surface area contributed by atoms with Crippen molar-refractivity contribution in [3.05, 3.63) is 42.0 Å². The summed E-state index contributed by atoms with van der Waals surface area (Å²) in [5.74, 6) is -0.466. The Morgan fingerprint density at radius 2 is 2.26 bits per heavy atom. The van der Waals surface area contributed by atoms with Crippen LogP contribution < -0.4 is 4.74 Å². The smallest absolute Gasteiger partial charge is 0.337 e. The van der Waals surface area contributed by atoms with Crippen LogP contribution in [0.25, 0.3) is 5.69 Å². The molecule has 19 heavy (non-hydrogen) atoms. The predicted octanol–water partition coefficient (Wildman–Crippen LogP) is 2.20. The number of carbonyl (C=O) groups is 1. The van der Waals surface area contributed by atoms with Gasteiger partial charge in [-0.05, 0) is 25.1 Å². The van der Waals surface area contributed by atoms with Crippen molar-refractivity contribution in [2.75, 3.05) is 13.7 Å². The number of halogens is 1. The van der Waals surface area contributed by atoms with E-state index in [1.54, 1.807) is 18.2 Å². The van der Waals surface area contributed by atoms with E-state index in [9.17, 15) is 9.18 Å². The van der Waals surface area contributed by atoms with E-state index >= 15 is 0 Å². The van der Waals surface area contributed by atoms with Crippen LogP contribution >= 0.6 is 0 Å². The summed E-state index contributed by atoms with van der Waals surface area (Å²) >= 11 is 0. The highest BCUT2D eigenvalue weighted by Crippen LogP contribution is 2.24. The molecule has 0 aliphatic carbocycles. The van der Waals surface area contributed by atoms with E-state index in [1.807, 2.05) is 6.92 Å². The third kappa shape index (κ3) is 2.73. The van der Waals surface area contributed by atoms with Gasteiger partial charge in [-0.1, -0.05) is 0 Å². The molecule has 0 aliphatic rings. The molecule has 2 rings (SSSR count). The first-order chi connectivity index (χ1) is 9.15. The van der Waals surface area contributed by atoms with E-state index in [0.29, 0.717) is 23.6 Å². The van der Waals surface area contributed by atoms with Crippen molar-refractivity contribution in [2.45, 2.75) is 6.92 Å². The summed E-state index contributed by atoms with van der Waals surface area (Å²) in [6.45, 7) is 2.24. The number of benzene rings is 1. The lowest BCUT2D eigenvalue weighted by atomic mass is 10.2. The maximum Gasteiger partial charge on any atom is 0.337 e. The van der Waals surface area contributed by atoms with Crippen LogP contribution in [0.5, 0.6) is 5.75 Å². The monoisotopic (exact) mass is 264 g/mol. The lowest BCUT2D eigenvalue weighted by Gasteiger charge is -2.11. The molecule has 0 spiro atoms. The average Bonchev–Trinajstić information content (AvgIpc) is 2.84. The Balaban J connectivity index is 2.46. The van der Waals surface area contributed by atoms with Gasteiger partial charge in [0.15, 0.2) is 5.82 Å². The number of methoxy groups -OCH3 is 1. The molecule has 0 saturated heterocycles. The Hall–Kier alpha value is -2.37. The van der Waals surface area contributed by atoms with Gasteiger partial charge in [-0.15, -0.1) is 0 Å². The van der Waals surface area contributed by atoms with Gasteiger partial charge in [0.25, 0.3) is 0 Å². The summed E-state index contributed by atoms with van der Waals surface area (Å²) in [6.07, 6.45) is 2.33. The number of carbonyl (C=O) groups excluding carboxylic acids is 1. The third-order valence-electron chi connectivity index (χ3n) is 2.48. The van der Waals surface area contributed by atoms with Crippen LogP contribution in [0.15, 0.2) is 30.6 Å². The van der Waals surface area contributed by atoms with Crippen LogP contribution in [0, 0.1) is 5.82 Å². The number of hydrogen-bond donors (Lipinski definition) is 0. The summed E-state index contributed by atoms with van der Waals surface area (Å²) in [4.78, 5) is 11.5. The van der Waals surface area contributed by atoms with Crippen molar-refractivity contribution in [1.29, 1.82) is 0 Å². The minimum Gasteiger partial charge on any atom is -0.492 e. The summed E-state index contributed by atoms with van der Waals surface area (Å²) < 4.78 is 24.4. The van der Waals surface area contributed by atoms with Crippen LogP contribution in [-0.2, 0) is 4.74 Å². The molecule has 1 heterocycles. The van der Waals surface area contributed by atoms with Crippen molar-refractivity contribution in [3.63, 3.8) is 0 Å². The van der Waals surface area contributed by atoms with Gasteiger partial charge >= 0.3 is 5.97 Å². The summed E-state index contributed by atoms with van der Waals surface area (Å²) in [6, 6.07) is 4.75. The Labute approximate surface area is 109 Å². The van der Waals surface area contributed by atoms with Crippen LogP contribution in [0.2, 0.25) is 0 Å². The molecule has 0 unspecified atom stereocenters. The molecule has 0 fully saturated rings. The molecule has 0 aliphatic heterocycles. The van der Waals surface area contributed by atoms with Gasteiger partial charge in [0.2, 0.25) is 0 Å². The normalized spacial score (nSPS) is 10.3. The topological polar surface area (TPSA) is 53.4 Å². The van der Waals surface area contributed by atoms with Gasteiger partial charge in [-0.2, -0.15) is 5.10 Å². The zero-order valence-electron chi connectivity index (χ0n) is 10.6. The number of nitrogens with zero attached hydrogens (tertiary/aromatic N) is 2. The largest absolute Gasteiger partial charge is 0.492 e. The van der Waals surface area contributed by atoms with Crippen molar-refractivity contribution < 1.29 is 18.7 Å². The van der Waals surface area contributed by atoms with Crippen molar-refractivity contribution in [1.82, 2.24) is 9.78 Å². The zero-order chi connectivity index (χ0) is 13.8. The number of aromatic nitrogens is 2. The quantitative estimate of drug-likeness (QED) is 0.794. The van der Waals surface area contributed by atoms with E-state index in [1.165, 1.54) is 18.0 Å². The first-order valence-corrected chi connectivity index (χ1v) is 5.71. The van der Waals surface area contributed by atoms with Crippen LogP contribution in [0.1, 0.15) is 17.3 Å². The standard InChI is InChI=1S/C13H13FN2O3/c1-3-19-12-6-9(13(17)18-2)4-5-11(12)16-8-10(14)7-15-16/h4-8H,3H2,1-2H3. The molecule has 5 nitrogen and oxygen atoms in total. The Bertz CT molecular complexity index is 595. The molecular formula is C13H13FN2O3. The van der Waals surface area contributed by atoms with Crippen molar-refractivity contribution in [3.8, 4) is 11.4 Å². The SMILES string of the molecule is CCOc1cc(C(=O)OC)ccc1-n1cc(F)cn1. The zero-order valence-corrected chi connectivity index (χ0v) is 10.6. The molecule has 0 N–H and O–H groups in total. The van der Waals surface area contributed by atoms with E-state index in [2.05, 4.69) is 9.84 Å². The second-order valence-electron chi connectivity index (χ2n) is 3.71. The number of hydrogen-bond acceptors (Lipinski definition) is 4. The molecule has 100 valence electrons. The summed E-state index contributed by atoms with van der Waals surface area (Å²) in [7, 11) is 1.31. The van der Waals surface area contributed by atoms with Crippen LogP contribution in [0.4, 0.5) is 4.39 Å². The summed E-state index contributed by atoms with van der Waals surface area (Å²) in [5.41, 5.74) is 0.917. The van der Waals surface area contributed by atoms with Crippen LogP contribution in [0.3, 0.4) is 0 Å². The lowest BCUT2D eigenvalue weighted by Crippen LogP contribution is -2.05. The molecule has 0 amide bonds. The van der Waals surface area contributed by atoms with Gasteiger partial charge in [0.1, 0.15) is 11.4 Å². The molecule has 0 atom stereocenters. The van der Waals surface area contributed by atoms with Gasteiger partial charge in [0, 0.05) is 0 Å². The first-order valence-electron chi connectivity index (χ1n) is 5.71. The van der Waals surface area contributed by atoms with Gasteiger partial charge in [-0.25, -0.2) is 13.9 Å². The molecule has 0 radical (unpaired) electrons. The van der Waals surface area contributed by atoms with Gasteiger partial charge in [-0.3, -0.25) is 0 Å². The molecule has 0 saturated carbocycles. The van der Waals surface area contributed by atoms with Gasteiger partial charge < -0.3 is 9.47 Å². The highest BCUT2D eigenvalue weighted by Gasteiger charge is 2.13. The van der Waals surface area contributed by atoms with Crippen LogP contribution in [-0.4, -0.2) is 29.5 Å². The highest BCUT2D eigenvalue weighted by atomic mass is 19.1. The minimum absolute atomic E-state index is 0.363. The maximum absolute atomic E-state index is 13.0. The minimum atomic E-state index is -0.459. The number of esters is 1. The van der Waals surface area contributed by atoms with E-state index in [4.69, 9.17) is 4.74 Å².